The van der Waals surface area contributed by atoms with Gasteiger partial charge in [-0.3, -0.25) is 9.78 Å². The van der Waals surface area contributed by atoms with E-state index >= 15 is 0 Å². The Hall–Kier alpha value is -2.25. The maximum atomic E-state index is 12.1. The molecule has 1 aromatic heterocycles. The van der Waals surface area contributed by atoms with Crippen LogP contribution in [0, 0.1) is 5.92 Å². The Labute approximate surface area is 141 Å². The number of hydrogen-bond donors (Lipinski definition) is 2. The van der Waals surface area contributed by atoms with Crippen LogP contribution in [0.5, 0.6) is 0 Å². The highest BCUT2D eigenvalue weighted by atomic mass is 32.2. The van der Waals surface area contributed by atoms with E-state index in [4.69, 9.17) is 0 Å². The molecule has 1 fully saturated rings. The van der Waals surface area contributed by atoms with Gasteiger partial charge in [0, 0.05) is 18.4 Å². The molecule has 1 aliphatic carbocycles. The van der Waals surface area contributed by atoms with Crippen LogP contribution in [0.2, 0.25) is 0 Å². The van der Waals surface area contributed by atoms with Gasteiger partial charge in [-0.15, -0.1) is 0 Å². The van der Waals surface area contributed by atoms with E-state index < -0.39 is 10.0 Å². The number of rotatable bonds is 7. The summed E-state index contributed by atoms with van der Waals surface area (Å²) < 4.78 is 26.4. The van der Waals surface area contributed by atoms with Gasteiger partial charge in [0.25, 0.3) is 5.91 Å². The molecule has 24 heavy (non-hydrogen) atoms. The molecule has 1 heterocycles. The number of nitrogens with one attached hydrogen (secondary N) is 2. The zero-order chi connectivity index (χ0) is 17.0. The number of benzene rings is 1. The van der Waals surface area contributed by atoms with Crippen molar-refractivity contribution < 1.29 is 13.2 Å². The maximum absolute atomic E-state index is 12.1. The Balaban J connectivity index is 1.60. The van der Waals surface area contributed by atoms with Crippen LogP contribution >= 0.6 is 0 Å². The Morgan fingerprint density at radius 1 is 1.17 bits per heavy atom. The summed E-state index contributed by atoms with van der Waals surface area (Å²) in [4.78, 5) is 16.1. The van der Waals surface area contributed by atoms with Gasteiger partial charge in [0.05, 0.1) is 5.75 Å². The summed E-state index contributed by atoms with van der Waals surface area (Å²) in [6.45, 7) is 0.211. The Kier molecular flexibility index (Phi) is 4.92. The molecule has 0 aliphatic heterocycles. The third-order valence-electron chi connectivity index (χ3n) is 3.73. The van der Waals surface area contributed by atoms with Crippen molar-refractivity contribution in [1.29, 1.82) is 0 Å². The molecule has 1 aromatic carbocycles. The number of sulfonamides is 1. The molecular formula is C17H19N3O3S. The minimum atomic E-state index is -3.24. The molecular weight excluding hydrogens is 326 g/mol. The van der Waals surface area contributed by atoms with Crippen molar-refractivity contribution >= 4 is 21.6 Å². The fourth-order valence-corrected chi connectivity index (χ4v) is 3.76. The molecule has 126 valence electrons. The fraction of sp³-hybridized carbons (Fsp3) is 0.294. The largest absolute Gasteiger partial charge is 0.321 e. The molecule has 1 amide bonds. The second-order valence-corrected chi connectivity index (χ2v) is 7.77. The topological polar surface area (TPSA) is 88.2 Å². The first-order valence-corrected chi connectivity index (χ1v) is 9.46. The SMILES string of the molecule is O=C(Nc1cccc(CNS(=O)(=O)CC2CC2)c1)c1ccccn1. The predicted octanol–water partition coefficient (Wildman–Crippen LogP) is 2.16. The van der Waals surface area contributed by atoms with Gasteiger partial charge in [0.2, 0.25) is 10.0 Å². The first-order valence-electron chi connectivity index (χ1n) is 7.80. The molecule has 1 saturated carbocycles. The average molecular weight is 345 g/mol. The standard InChI is InChI=1S/C17H19N3O3S/c21-17(16-6-1-2-9-18-16)20-15-5-3-4-14(10-15)11-19-24(22,23)12-13-7-8-13/h1-6,9-10,13,19H,7-8,11-12H2,(H,20,21). The lowest BCUT2D eigenvalue weighted by Gasteiger charge is -2.09. The third kappa shape index (κ3) is 4.87. The quantitative estimate of drug-likeness (QED) is 0.805. The van der Waals surface area contributed by atoms with Crippen LogP contribution in [-0.4, -0.2) is 25.1 Å². The maximum Gasteiger partial charge on any atom is 0.274 e. The smallest absolute Gasteiger partial charge is 0.274 e. The van der Waals surface area contributed by atoms with E-state index in [0.29, 0.717) is 17.3 Å². The van der Waals surface area contributed by atoms with Crippen molar-refractivity contribution in [2.24, 2.45) is 5.92 Å². The molecule has 6 nitrogen and oxygen atoms in total. The van der Waals surface area contributed by atoms with Crippen molar-refractivity contribution in [1.82, 2.24) is 9.71 Å². The van der Waals surface area contributed by atoms with Crippen LogP contribution in [0.3, 0.4) is 0 Å². The first kappa shape index (κ1) is 16.6. The molecule has 0 spiro atoms. The number of amides is 1. The highest BCUT2D eigenvalue weighted by molar-refractivity contribution is 7.89. The highest BCUT2D eigenvalue weighted by Crippen LogP contribution is 2.30. The summed E-state index contributed by atoms with van der Waals surface area (Å²) in [7, 11) is -3.24. The van der Waals surface area contributed by atoms with Crippen LogP contribution in [0.15, 0.2) is 48.7 Å². The zero-order valence-electron chi connectivity index (χ0n) is 13.1. The van der Waals surface area contributed by atoms with Crippen LogP contribution in [0.25, 0.3) is 0 Å². The molecule has 1 aliphatic rings. The monoisotopic (exact) mass is 345 g/mol. The number of anilines is 1. The third-order valence-corrected chi connectivity index (χ3v) is 5.23. The van der Waals surface area contributed by atoms with Gasteiger partial charge in [0.15, 0.2) is 0 Å². The van der Waals surface area contributed by atoms with Gasteiger partial charge in [-0.2, -0.15) is 0 Å². The van der Waals surface area contributed by atoms with Crippen LogP contribution < -0.4 is 10.0 Å². The van der Waals surface area contributed by atoms with Gasteiger partial charge in [-0.05, 0) is 48.6 Å². The second kappa shape index (κ2) is 7.11. The summed E-state index contributed by atoms with van der Waals surface area (Å²) in [6, 6.07) is 12.2. The minimum absolute atomic E-state index is 0.198. The average Bonchev–Trinajstić information content (AvgIpc) is 3.37. The summed E-state index contributed by atoms with van der Waals surface area (Å²) in [6.07, 6.45) is 3.55. The Morgan fingerprint density at radius 2 is 2.00 bits per heavy atom. The predicted molar refractivity (Wildman–Crippen MR) is 92.0 cm³/mol. The van der Waals surface area contributed by atoms with E-state index in [2.05, 4.69) is 15.0 Å². The molecule has 2 N–H and O–H groups in total. The summed E-state index contributed by atoms with van der Waals surface area (Å²) in [5, 5.41) is 2.76. The number of carbonyl (C=O) groups is 1. The molecule has 0 atom stereocenters. The van der Waals surface area contributed by atoms with Crippen LogP contribution in [-0.2, 0) is 16.6 Å². The lowest BCUT2D eigenvalue weighted by atomic mass is 10.2. The zero-order valence-corrected chi connectivity index (χ0v) is 13.9. The second-order valence-electron chi connectivity index (χ2n) is 5.92. The van der Waals surface area contributed by atoms with Crippen molar-refractivity contribution in [3.05, 3.63) is 59.9 Å². The van der Waals surface area contributed by atoms with Gasteiger partial charge < -0.3 is 5.32 Å². The molecule has 7 heteroatoms. The van der Waals surface area contributed by atoms with Crippen molar-refractivity contribution in [2.75, 3.05) is 11.1 Å². The van der Waals surface area contributed by atoms with E-state index in [0.717, 1.165) is 18.4 Å². The number of aromatic nitrogens is 1. The van der Waals surface area contributed by atoms with Crippen LogP contribution in [0.1, 0.15) is 28.9 Å². The summed E-state index contributed by atoms with van der Waals surface area (Å²) in [5.74, 6) is 0.205. The Bertz CT molecular complexity index is 818. The number of hydrogen-bond acceptors (Lipinski definition) is 4. The van der Waals surface area contributed by atoms with E-state index in [1.54, 1.807) is 42.6 Å². The van der Waals surface area contributed by atoms with Crippen molar-refractivity contribution in [3.8, 4) is 0 Å². The molecule has 0 saturated heterocycles. The molecule has 0 bridgehead atoms. The summed E-state index contributed by atoms with van der Waals surface area (Å²) >= 11 is 0. The molecule has 2 aromatic rings. The van der Waals surface area contributed by atoms with Gasteiger partial charge >= 0.3 is 0 Å². The fourth-order valence-electron chi connectivity index (χ4n) is 2.30. The van der Waals surface area contributed by atoms with Gasteiger partial charge in [0.1, 0.15) is 5.69 Å². The molecule has 0 radical (unpaired) electrons. The van der Waals surface area contributed by atoms with E-state index in [-0.39, 0.29) is 18.2 Å². The number of pyridine rings is 1. The van der Waals surface area contributed by atoms with Gasteiger partial charge in [-0.25, -0.2) is 13.1 Å². The van der Waals surface area contributed by atoms with E-state index in [1.807, 2.05) is 6.07 Å². The van der Waals surface area contributed by atoms with Crippen molar-refractivity contribution in [2.45, 2.75) is 19.4 Å². The molecule has 3 rings (SSSR count). The summed E-state index contributed by atoms with van der Waals surface area (Å²) in [5.41, 5.74) is 1.71. The van der Waals surface area contributed by atoms with E-state index in [1.165, 1.54) is 0 Å². The highest BCUT2D eigenvalue weighted by Gasteiger charge is 2.27. The van der Waals surface area contributed by atoms with Gasteiger partial charge in [-0.1, -0.05) is 18.2 Å². The Morgan fingerprint density at radius 3 is 2.71 bits per heavy atom. The first-order chi connectivity index (χ1) is 11.5. The minimum Gasteiger partial charge on any atom is -0.321 e. The van der Waals surface area contributed by atoms with Crippen molar-refractivity contribution in [3.63, 3.8) is 0 Å². The van der Waals surface area contributed by atoms with E-state index in [9.17, 15) is 13.2 Å². The molecule has 0 unspecified atom stereocenters. The number of carbonyl (C=O) groups excluding carboxylic acids is 1. The van der Waals surface area contributed by atoms with Crippen LogP contribution in [0.4, 0.5) is 5.69 Å². The normalized spacial score (nSPS) is 14.3. The lowest BCUT2D eigenvalue weighted by Crippen LogP contribution is -2.26. The number of nitrogens with zero attached hydrogens (tertiary/aromatic N) is 1. The lowest BCUT2D eigenvalue weighted by molar-refractivity contribution is 0.102.